The second-order valence-electron chi connectivity index (χ2n) is 4.78. The van der Waals surface area contributed by atoms with Gasteiger partial charge in [0.05, 0.1) is 10.6 Å². The molecule has 0 fully saturated rings. The van der Waals surface area contributed by atoms with Gasteiger partial charge in [-0.15, -0.1) is 21.5 Å². The third-order valence-electron chi connectivity index (χ3n) is 3.35. The van der Waals surface area contributed by atoms with Crippen LogP contribution < -0.4 is 0 Å². The molecule has 0 unspecified atom stereocenters. The molecule has 1 N–H and O–H groups in total. The number of hydrogen-bond acceptors (Lipinski definition) is 7. The molecule has 9 heteroatoms. The molecular formula is C14H8N6S3. The van der Waals surface area contributed by atoms with Crippen molar-refractivity contribution in [2.45, 2.75) is 0 Å². The van der Waals surface area contributed by atoms with E-state index in [9.17, 15) is 0 Å². The predicted octanol–water partition coefficient (Wildman–Crippen LogP) is 4.03. The van der Waals surface area contributed by atoms with Crippen LogP contribution in [0.2, 0.25) is 0 Å². The second kappa shape index (κ2) is 5.08. The lowest BCUT2D eigenvalue weighted by Crippen LogP contribution is -1.89. The zero-order valence-electron chi connectivity index (χ0n) is 11.5. The third kappa shape index (κ3) is 2.12. The Morgan fingerprint density at radius 1 is 1.13 bits per heavy atom. The Balaban J connectivity index is 1.59. The first-order chi connectivity index (χ1) is 11.4. The van der Waals surface area contributed by atoms with Crippen molar-refractivity contribution in [3.63, 3.8) is 0 Å². The van der Waals surface area contributed by atoms with Gasteiger partial charge in [0.2, 0.25) is 4.96 Å². The maximum atomic E-state index is 4.64. The number of thiophene rings is 2. The summed E-state index contributed by atoms with van der Waals surface area (Å²) in [6.07, 6.45) is 0. The number of nitrogens with one attached hydrogen (secondary N) is 1. The third-order valence-corrected chi connectivity index (χ3v) is 5.86. The van der Waals surface area contributed by atoms with Crippen LogP contribution in [-0.2, 0) is 0 Å². The number of hydrogen-bond donors (Lipinski definition) is 1. The van der Waals surface area contributed by atoms with Crippen molar-refractivity contribution in [2.75, 3.05) is 0 Å². The van der Waals surface area contributed by atoms with Crippen molar-refractivity contribution >= 4 is 39.0 Å². The van der Waals surface area contributed by atoms with Gasteiger partial charge in [0, 0.05) is 10.9 Å². The summed E-state index contributed by atoms with van der Waals surface area (Å²) in [6, 6.07) is 8.11. The molecule has 0 amide bonds. The van der Waals surface area contributed by atoms with Crippen LogP contribution in [0.25, 0.3) is 37.6 Å². The van der Waals surface area contributed by atoms with E-state index in [0.29, 0.717) is 0 Å². The Labute approximate surface area is 142 Å². The normalized spacial score (nSPS) is 11.5. The number of fused-ring (bicyclic) bond motifs is 1. The summed E-state index contributed by atoms with van der Waals surface area (Å²) >= 11 is 4.79. The van der Waals surface area contributed by atoms with Crippen LogP contribution >= 0.6 is 34.0 Å². The quantitative estimate of drug-likeness (QED) is 0.530. The van der Waals surface area contributed by atoms with E-state index in [1.807, 2.05) is 34.3 Å². The van der Waals surface area contributed by atoms with E-state index in [1.165, 1.54) is 11.3 Å². The zero-order chi connectivity index (χ0) is 15.2. The number of rotatable bonds is 3. The molecular weight excluding hydrogens is 348 g/mol. The van der Waals surface area contributed by atoms with Crippen molar-refractivity contribution in [2.24, 2.45) is 0 Å². The first-order valence-electron chi connectivity index (χ1n) is 6.73. The molecule has 0 radical (unpaired) electrons. The van der Waals surface area contributed by atoms with Crippen LogP contribution in [-0.4, -0.2) is 30.0 Å². The Hall–Kier alpha value is -2.36. The minimum absolute atomic E-state index is 0.766. The Bertz CT molecular complexity index is 1070. The van der Waals surface area contributed by atoms with Gasteiger partial charge in [-0.25, -0.2) is 0 Å². The lowest BCUT2D eigenvalue weighted by atomic mass is 10.3. The van der Waals surface area contributed by atoms with E-state index in [0.717, 1.165) is 37.6 Å². The Morgan fingerprint density at radius 2 is 2.13 bits per heavy atom. The van der Waals surface area contributed by atoms with Gasteiger partial charge >= 0.3 is 0 Å². The fraction of sp³-hybridized carbons (Fsp3) is 0. The molecule has 0 aliphatic rings. The Kier molecular flexibility index (Phi) is 2.90. The number of aromatic amines is 1. The van der Waals surface area contributed by atoms with Gasteiger partial charge in [0.25, 0.3) is 0 Å². The summed E-state index contributed by atoms with van der Waals surface area (Å²) in [7, 11) is 0. The smallest absolute Gasteiger partial charge is 0.235 e. The summed E-state index contributed by atoms with van der Waals surface area (Å²) in [5, 5.41) is 27.5. The molecule has 0 aliphatic carbocycles. The highest BCUT2D eigenvalue weighted by Crippen LogP contribution is 2.30. The van der Waals surface area contributed by atoms with Gasteiger partial charge in [-0.3, -0.25) is 5.10 Å². The van der Waals surface area contributed by atoms with Gasteiger partial charge < -0.3 is 0 Å². The second-order valence-corrected chi connectivity index (χ2v) is 7.47. The van der Waals surface area contributed by atoms with Crippen LogP contribution in [0.3, 0.4) is 0 Å². The van der Waals surface area contributed by atoms with E-state index in [2.05, 4.69) is 31.6 Å². The molecule has 0 saturated carbocycles. The highest BCUT2D eigenvalue weighted by Gasteiger charge is 2.16. The summed E-state index contributed by atoms with van der Waals surface area (Å²) < 4.78 is 1.79. The molecule has 112 valence electrons. The molecule has 6 nitrogen and oxygen atoms in total. The molecule has 5 heterocycles. The van der Waals surface area contributed by atoms with Gasteiger partial charge in [0.15, 0.2) is 10.8 Å². The topological polar surface area (TPSA) is 71.8 Å². The maximum Gasteiger partial charge on any atom is 0.235 e. The zero-order valence-corrected chi connectivity index (χ0v) is 14.0. The molecule has 0 bridgehead atoms. The largest absolute Gasteiger partial charge is 0.275 e. The van der Waals surface area contributed by atoms with Gasteiger partial charge in [0.1, 0.15) is 5.69 Å². The summed E-state index contributed by atoms with van der Waals surface area (Å²) in [4.78, 5) is 1.91. The van der Waals surface area contributed by atoms with Crippen molar-refractivity contribution in [3.8, 4) is 32.7 Å². The summed E-state index contributed by atoms with van der Waals surface area (Å²) in [5.41, 5.74) is 2.85. The average Bonchev–Trinajstić information content (AvgIpc) is 3.34. The molecule has 0 spiro atoms. The SMILES string of the molecule is c1csc(-c2cc(-c3nn4c(-c5ccsc5)nnc4s3)[nH]n2)c1. The monoisotopic (exact) mass is 356 g/mol. The molecule has 5 aromatic rings. The number of nitrogens with zero attached hydrogens (tertiary/aromatic N) is 5. The van der Waals surface area contributed by atoms with Crippen LogP contribution in [0.1, 0.15) is 0 Å². The van der Waals surface area contributed by atoms with Gasteiger partial charge in [-0.1, -0.05) is 17.4 Å². The molecule has 0 aromatic carbocycles. The maximum absolute atomic E-state index is 4.64. The van der Waals surface area contributed by atoms with Gasteiger partial charge in [-0.05, 0) is 29.0 Å². The molecule has 5 aromatic heterocycles. The molecule has 0 atom stereocenters. The standard InChI is InChI=1S/C14H8N6S3/c1-2-11(22-4-1)9-6-10(16-15-9)13-19-20-12(8-3-5-21-7-8)17-18-14(20)23-13/h1-7H,(H,15,16). The Morgan fingerprint density at radius 3 is 2.96 bits per heavy atom. The van der Waals surface area contributed by atoms with Crippen molar-refractivity contribution < 1.29 is 0 Å². The molecule has 0 saturated heterocycles. The first-order valence-corrected chi connectivity index (χ1v) is 9.37. The molecule has 5 rings (SSSR count). The fourth-order valence-electron chi connectivity index (χ4n) is 2.28. The van der Waals surface area contributed by atoms with Crippen LogP contribution in [0.15, 0.2) is 40.4 Å². The van der Waals surface area contributed by atoms with E-state index in [4.69, 9.17) is 0 Å². The average molecular weight is 356 g/mol. The summed E-state index contributed by atoms with van der Waals surface area (Å²) in [6.45, 7) is 0. The van der Waals surface area contributed by atoms with E-state index < -0.39 is 0 Å². The van der Waals surface area contributed by atoms with Crippen molar-refractivity contribution in [1.29, 1.82) is 0 Å². The van der Waals surface area contributed by atoms with E-state index in [1.54, 1.807) is 27.2 Å². The van der Waals surface area contributed by atoms with Crippen molar-refractivity contribution in [3.05, 3.63) is 40.4 Å². The molecule has 0 aliphatic heterocycles. The predicted molar refractivity (Wildman–Crippen MR) is 92.9 cm³/mol. The highest BCUT2D eigenvalue weighted by atomic mass is 32.1. The fourth-order valence-corrected chi connectivity index (χ4v) is 4.41. The lowest BCUT2D eigenvalue weighted by molar-refractivity contribution is 0.965. The minimum atomic E-state index is 0.766. The van der Waals surface area contributed by atoms with Gasteiger partial charge in [-0.2, -0.15) is 26.0 Å². The summed E-state index contributed by atoms with van der Waals surface area (Å²) in [5.74, 6) is 0.766. The van der Waals surface area contributed by atoms with Crippen LogP contribution in [0, 0.1) is 0 Å². The van der Waals surface area contributed by atoms with Crippen LogP contribution in [0.5, 0.6) is 0 Å². The van der Waals surface area contributed by atoms with E-state index in [-0.39, 0.29) is 0 Å². The lowest BCUT2D eigenvalue weighted by Gasteiger charge is -1.90. The number of aromatic nitrogens is 6. The molecule has 23 heavy (non-hydrogen) atoms. The number of H-pyrrole nitrogens is 1. The van der Waals surface area contributed by atoms with E-state index >= 15 is 0 Å². The van der Waals surface area contributed by atoms with Crippen molar-refractivity contribution in [1.82, 2.24) is 30.0 Å². The first kappa shape index (κ1) is 13.1. The minimum Gasteiger partial charge on any atom is -0.275 e. The highest BCUT2D eigenvalue weighted by molar-refractivity contribution is 7.19. The van der Waals surface area contributed by atoms with Crippen LogP contribution in [0.4, 0.5) is 0 Å².